The first-order chi connectivity index (χ1) is 19.4. The number of unbranched alkanes of at least 4 members (excludes halogenated alkanes) is 15. The summed E-state index contributed by atoms with van der Waals surface area (Å²) in [6.07, 6.45) is 21.8. The number of anilines is 1. The van der Waals surface area contributed by atoms with Crippen molar-refractivity contribution < 1.29 is 28.6 Å². The number of rotatable bonds is 28. The molecular formula is C29H56N3O7P. The monoisotopic (exact) mass is 589 g/mol. The van der Waals surface area contributed by atoms with Gasteiger partial charge in [-0.25, -0.2) is 4.79 Å². The number of nitrogens with two attached hydrogens (primary N) is 1. The number of aliphatic hydroxyl groups excluding tert-OH is 1. The zero-order valence-electron chi connectivity index (χ0n) is 24.9. The first kappa shape index (κ1) is 36.7. The van der Waals surface area contributed by atoms with Crippen LogP contribution in [0.2, 0.25) is 0 Å². The summed E-state index contributed by atoms with van der Waals surface area (Å²) >= 11 is 0. The summed E-state index contributed by atoms with van der Waals surface area (Å²) in [6, 6.07) is 1.44. The van der Waals surface area contributed by atoms with E-state index in [1.165, 1.54) is 113 Å². The van der Waals surface area contributed by atoms with Gasteiger partial charge in [0, 0.05) is 19.4 Å². The van der Waals surface area contributed by atoms with Crippen LogP contribution in [0.15, 0.2) is 17.1 Å². The van der Waals surface area contributed by atoms with Gasteiger partial charge in [-0.2, -0.15) is 4.98 Å². The summed E-state index contributed by atoms with van der Waals surface area (Å²) in [5.41, 5.74) is 4.86. The SMILES string of the molecule is CCCCCCCCCCCCCCCCCCOCCCOP(=O)(O)CO[C@H](CO)Cn1ccc(N)nc1=O. The molecule has 1 heterocycles. The molecule has 0 aliphatic carbocycles. The molecule has 11 heteroatoms. The van der Waals surface area contributed by atoms with E-state index in [9.17, 15) is 19.4 Å². The lowest BCUT2D eigenvalue weighted by Gasteiger charge is -2.19. The second-order valence-corrected chi connectivity index (χ2v) is 12.4. The third-order valence-electron chi connectivity index (χ3n) is 6.84. The number of ether oxygens (including phenoxy) is 2. The minimum atomic E-state index is -3.99. The Morgan fingerprint density at radius 1 is 0.875 bits per heavy atom. The molecule has 1 unspecified atom stereocenters. The highest BCUT2D eigenvalue weighted by atomic mass is 31.2. The summed E-state index contributed by atoms with van der Waals surface area (Å²) in [4.78, 5) is 25.4. The van der Waals surface area contributed by atoms with Crippen LogP contribution >= 0.6 is 7.60 Å². The van der Waals surface area contributed by atoms with Gasteiger partial charge < -0.3 is 29.7 Å². The van der Waals surface area contributed by atoms with Crippen LogP contribution < -0.4 is 11.4 Å². The lowest BCUT2D eigenvalue weighted by Crippen LogP contribution is -2.32. The van der Waals surface area contributed by atoms with Gasteiger partial charge in [0.2, 0.25) is 0 Å². The molecule has 0 radical (unpaired) electrons. The van der Waals surface area contributed by atoms with E-state index in [4.69, 9.17) is 19.7 Å². The summed E-state index contributed by atoms with van der Waals surface area (Å²) in [6.45, 7) is 3.02. The lowest BCUT2D eigenvalue weighted by atomic mass is 10.0. The van der Waals surface area contributed by atoms with E-state index >= 15 is 0 Å². The largest absolute Gasteiger partial charge is 0.394 e. The number of aliphatic hydroxyl groups is 1. The predicted molar refractivity (Wildman–Crippen MR) is 160 cm³/mol. The Morgan fingerprint density at radius 3 is 1.93 bits per heavy atom. The fraction of sp³-hybridized carbons (Fsp3) is 0.862. The van der Waals surface area contributed by atoms with E-state index < -0.39 is 32.3 Å². The van der Waals surface area contributed by atoms with Crippen LogP contribution in [-0.2, 0) is 25.1 Å². The smallest absolute Gasteiger partial charge is 0.353 e. The number of nitrogen functional groups attached to an aromatic ring is 1. The number of aromatic nitrogens is 2. The zero-order chi connectivity index (χ0) is 29.3. The molecule has 1 rings (SSSR count). The van der Waals surface area contributed by atoms with Crippen LogP contribution in [0.4, 0.5) is 5.82 Å². The molecule has 40 heavy (non-hydrogen) atoms. The molecule has 10 nitrogen and oxygen atoms in total. The van der Waals surface area contributed by atoms with E-state index in [2.05, 4.69) is 11.9 Å². The quantitative estimate of drug-likeness (QED) is 0.0787. The maximum Gasteiger partial charge on any atom is 0.353 e. The standard InChI is InChI=1S/C29H56N3O7P/c1-2-3-4-5-6-7-8-9-10-11-12-13-14-15-16-17-21-37-22-18-23-39-40(35,36)26-38-27(25-33)24-32-20-19-28(30)31-29(32)34/h19-20,27,33H,2-18,21-26H2,1H3,(H,35,36)(H2,30,31,34)/t27-/m0/s1. The summed E-state index contributed by atoms with van der Waals surface area (Å²) in [5, 5.41) is 9.47. The number of nitrogens with zero attached hydrogens (tertiary/aromatic N) is 2. The van der Waals surface area contributed by atoms with Gasteiger partial charge in [-0.3, -0.25) is 9.13 Å². The van der Waals surface area contributed by atoms with Crippen molar-refractivity contribution in [3.8, 4) is 0 Å². The Balaban J connectivity index is 1.91. The minimum absolute atomic E-state index is 0.0319. The second kappa shape index (κ2) is 24.3. The van der Waals surface area contributed by atoms with E-state index in [1.54, 1.807) is 0 Å². The van der Waals surface area contributed by atoms with Crippen LogP contribution in [0.25, 0.3) is 0 Å². The summed E-state index contributed by atoms with van der Waals surface area (Å²) in [7, 11) is -3.99. The molecule has 1 aromatic heterocycles. The van der Waals surface area contributed by atoms with Crippen molar-refractivity contribution in [2.45, 2.75) is 129 Å². The van der Waals surface area contributed by atoms with Crippen molar-refractivity contribution in [1.29, 1.82) is 0 Å². The summed E-state index contributed by atoms with van der Waals surface area (Å²) < 4.78 is 29.4. The Kier molecular flexibility index (Phi) is 22.3. The van der Waals surface area contributed by atoms with Gasteiger partial charge in [0.15, 0.2) is 0 Å². The highest BCUT2D eigenvalue weighted by Gasteiger charge is 2.22. The van der Waals surface area contributed by atoms with Crippen molar-refractivity contribution in [3.63, 3.8) is 0 Å². The van der Waals surface area contributed by atoms with E-state index in [-0.39, 0.29) is 19.0 Å². The van der Waals surface area contributed by atoms with Crippen LogP contribution in [0.5, 0.6) is 0 Å². The topological polar surface area (TPSA) is 146 Å². The maximum absolute atomic E-state index is 12.2. The zero-order valence-corrected chi connectivity index (χ0v) is 25.7. The van der Waals surface area contributed by atoms with Crippen molar-refractivity contribution in [1.82, 2.24) is 9.55 Å². The predicted octanol–water partition coefficient (Wildman–Crippen LogP) is 6.03. The number of hydrogen-bond donors (Lipinski definition) is 3. The number of hydrogen-bond acceptors (Lipinski definition) is 8. The van der Waals surface area contributed by atoms with Gasteiger partial charge in [0.1, 0.15) is 12.2 Å². The molecule has 234 valence electrons. The normalized spacial score (nSPS) is 13.9. The van der Waals surface area contributed by atoms with Crippen LogP contribution in [0.1, 0.15) is 116 Å². The van der Waals surface area contributed by atoms with Gasteiger partial charge in [-0.05, 0) is 18.9 Å². The van der Waals surface area contributed by atoms with Crippen molar-refractivity contribution in [3.05, 3.63) is 22.7 Å². The molecule has 0 bridgehead atoms. The van der Waals surface area contributed by atoms with Crippen molar-refractivity contribution in [2.24, 2.45) is 0 Å². The Bertz CT molecular complexity index is 840. The molecule has 4 N–H and O–H groups in total. The van der Waals surface area contributed by atoms with Crippen molar-refractivity contribution >= 4 is 13.4 Å². The molecule has 0 amide bonds. The molecule has 1 aromatic rings. The molecule has 0 saturated heterocycles. The van der Waals surface area contributed by atoms with E-state index in [1.807, 2.05) is 0 Å². The first-order valence-electron chi connectivity index (χ1n) is 15.5. The second-order valence-electron chi connectivity index (χ2n) is 10.6. The Morgan fingerprint density at radius 2 is 1.40 bits per heavy atom. The van der Waals surface area contributed by atoms with Crippen molar-refractivity contribution in [2.75, 3.05) is 38.5 Å². The van der Waals surface area contributed by atoms with Crippen LogP contribution in [0.3, 0.4) is 0 Å². The highest BCUT2D eigenvalue weighted by molar-refractivity contribution is 7.52. The lowest BCUT2D eigenvalue weighted by molar-refractivity contribution is 0.0162. The van der Waals surface area contributed by atoms with Gasteiger partial charge in [-0.1, -0.05) is 103 Å². The Labute approximate surface area is 241 Å². The third-order valence-corrected chi connectivity index (χ3v) is 7.90. The van der Waals surface area contributed by atoms with E-state index in [0.717, 1.165) is 6.42 Å². The highest BCUT2D eigenvalue weighted by Crippen LogP contribution is 2.42. The van der Waals surface area contributed by atoms with E-state index in [0.29, 0.717) is 19.6 Å². The molecule has 0 saturated carbocycles. The average Bonchev–Trinajstić information content (AvgIpc) is 2.93. The van der Waals surface area contributed by atoms with Gasteiger partial charge >= 0.3 is 13.3 Å². The molecule has 2 atom stereocenters. The first-order valence-corrected chi connectivity index (χ1v) is 17.2. The fourth-order valence-corrected chi connectivity index (χ4v) is 5.31. The Hall–Kier alpha value is -1.29. The third kappa shape index (κ3) is 20.6. The average molecular weight is 590 g/mol. The molecule has 0 spiro atoms. The minimum Gasteiger partial charge on any atom is -0.394 e. The molecule has 0 aliphatic heterocycles. The molecular weight excluding hydrogens is 533 g/mol. The van der Waals surface area contributed by atoms with Gasteiger partial charge in [0.25, 0.3) is 0 Å². The summed E-state index contributed by atoms with van der Waals surface area (Å²) in [5.74, 6) is 0.0879. The van der Waals surface area contributed by atoms with Gasteiger partial charge in [-0.15, -0.1) is 0 Å². The maximum atomic E-state index is 12.2. The fourth-order valence-electron chi connectivity index (χ4n) is 4.42. The van der Waals surface area contributed by atoms with Gasteiger partial charge in [0.05, 0.1) is 25.9 Å². The molecule has 0 aliphatic rings. The van der Waals surface area contributed by atoms with Crippen LogP contribution in [0, 0.1) is 0 Å². The van der Waals surface area contributed by atoms with Crippen LogP contribution in [-0.4, -0.2) is 58.4 Å². The molecule has 0 aromatic carbocycles. The molecule has 0 fully saturated rings.